The van der Waals surface area contributed by atoms with Gasteiger partial charge in [0.2, 0.25) is 5.91 Å². The highest BCUT2D eigenvalue weighted by molar-refractivity contribution is 7.16. The maximum absolute atomic E-state index is 11.7. The topological polar surface area (TPSA) is 29.1 Å². The van der Waals surface area contributed by atoms with E-state index >= 15 is 0 Å². The molecule has 1 fully saturated rings. The lowest BCUT2D eigenvalue weighted by molar-refractivity contribution is -0.123. The minimum absolute atomic E-state index is 0.0211. The third-order valence-electron chi connectivity index (χ3n) is 3.58. The molecule has 1 amide bonds. The molecule has 0 bridgehead atoms. The van der Waals surface area contributed by atoms with Gasteiger partial charge in [0.1, 0.15) is 0 Å². The molecule has 1 N–H and O–H groups in total. The summed E-state index contributed by atoms with van der Waals surface area (Å²) in [6.45, 7) is 0. The Labute approximate surface area is 131 Å². The number of piperidine rings is 1. The third kappa shape index (κ3) is 2.85. The zero-order chi connectivity index (χ0) is 14.1. The summed E-state index contributed by atoms with van der Waals surface area (Å²) in [7, 11) is 0. The number of amides is 1. The van der Waals surface area contributed by atoms with Gasteiger partial charge < -0.3 is 5.32 Å². The minimum atomic E-state index is -0.0211. The number of benzene rings is 1. The van der Waals surface area contributed by atoms with Crippen molar-refractivity contribution < 1.29 is 4.79 Å². The van der Waals surface area contributed by atoms with E-state index in [-0.39, 0.29) is 17.9 Å². The smallest absolute Gasteiger partial charge is 0.220 e. The maximum Gasteiger partial charge on any atom is 0.220 e. The first-order chi connectivity index (χ1) is 9.63. The zero-order valence-corrected chi connectivity index (χ0v) is 12.9. The standard InChI is InChI=1S/C15H13Cl2NOS/c16-10-3-1-2-9(8-10)11-4-7-14(19)18-15(11)12-5-6-13(17)20-12/h1-3,5-6,8,11,15H,4,7H2,(H,18,19)/t11-,15?/m1/s1. The lowest BCUT2D eigenvalue weighted by Crippen LogP contribution is -2.37. The van der Waals surface area contributed by atoms with Gasteiger partial charge in [-0.2, -0.15) is 0 Å². The van der Waals surface area contributed by atoms with Gasteiger partial charge in [0.05, 0.1) is 10.4 Å². The molecule has 1 saturated heterocycles. The fourth-order valence-electron chi connectivity index (χ4n) is 2.66. The first kappa shape index (κ1) is 13.9. The Morgan fingerprint density at radius 2 is 2.05 bits per heavy atom. The van der Waals surface area contributed by atoms with E-state index in [1.807, 2.05) is 30.3 Å². The van der Waals surface area contributed by atoms with Crippen LogP contribution in [0, 0.1) is 0 Å². The molecule has 0 spiro atoms. The van der Waals surface area contributed by atoms with Gasteiger partial charge in [0.15, 0.2) is 0 Å². The molecule has 0 radical (unpaired) electrons. The van der Waals surface area contributed by atoms with Gasteiger partial charge in [-0.3, -0.25) is 4.79 Å². The number of thiophene rings is 1. The Morgan fingerprint density at radius 3 is 2.75 bits per heavy atom. The van der Waals surface area contributed by atoms with Crippen molar-refractivity contribution in [3.8, 4) is 0 Å². The molecule has 2 heterocycles. The number of hydrogen-bond acceptors (Lipinski definition) is 2. The monoisotopic (exact) mass is 325 g/mol. The zero-order valence-electron chi connectivity index (χ0n) is 10.6. The van der Waals surface area contributed by atoms with Crippen LogP contribution in [0.15, 0.2) is 36.4 Å². The van der Waals surface area contributed by atoms with Crippen LogP contribution in [0.5, 0.6) is 0 Å². The number of rotatable bonds is 2. The van der Waals surface area contributed by atoms with Gasteiger partial charge >= 0.3 is 0 Å². The van der Waals surface area contributed by atoms with E-state index in [0.717, 1.165) is 26.2 Å². The Hall–Kier alpha value is -1.03. The van der Waals surface area contributed by atoms with E-state index in [0.29, 0.717) is 6.42 Å². The Bertz CT molecular complexity index is 640. The summed E-state index contributed by atoms with van der Waals surface area (Å²) in [5.41, 5.74) is 1.16. The van der Waals surface area contributed by atoms with Crippen molar-refractivity contribution in [1.29, 1.82) is 0 Å². The highest BCUT2D eigenvalue weighted by Crippen LogP contribution is 2.41. The highest BCUT2D eigenvalue weighted by atomic mass is 35.5. The van der Waals surface area contributed by atoms with Gasteiger partial charge in [0, 0.05) is 22.2 Å². The number of carbonyl (C=O) groups is 1. The van der Waals surface area contributed by atoms with Crippen molar-refractivity contribution in [1.82, 2.24) is 5.32 Å². The summed E-state index contributed by atoms with van der Waals surface area (Å²) in [5, 5.41) is 3.81. The fraction of sp³-hybridized carbons (Fsp3) is 0.267. The predicted molar refractivity (Wildman–Crippen MR) is 83.6 cm³/mol. The van der Waals surface area contributed by atoms with E-state index in [1.54, 1.807) is 0 Å². The molecule has 20 heavy (non-hydrogen) atoms. The molecule has 1 aromatic carbocycles. The highest BCUT2D eigenvalue weighted by Gasteiger charge is 2.32. The summed E-state index contributed by atoms with van der Waals surface area (Å²) < 4.78 is 0.740. The van der Waals surface area contributed by atoms with E-state index in [9.17, 15) is 4.79 Å². The molecular formula is C15H13Cl2NOS. The van der Waals surface area contributed by atoms with E-state index in [2.05, 4.69) is 11.4 Å². The van der Waals surface area contributed by atoms with Crippen molar-refractivity contribution in [2.75, 3.05) is 0 Å². The largest absolute Gasteiger partial charge is 0.348 e. The molecular weight excluding hydrogens is 313 g/mol. The molecule has 1 aliphatic heterocycles. The summed E-state index contributed by atoms with van der Waals surface area (Å²) in [5.74, 6) is 0.332. The van der Waals surface area contributed by atoms with Crippen LogP contribution in [0.4, 0.5) is 0 Å². The molecule has 2 aromatic rings. The summed E-state index contributed by atoms with van der Waals surface area (Å²) >= 11 is 13.6. The Morgan fingerprint density at radius 1 is 1.20 bits per heavy atom. The van der Waals surface area contributed by atoms with Gasteiger partial charge in [-0.25, -0.2) is 0 Å². The maximum atomic E-state index is 11.7. The molecule has 1 unspecified atom stereocenters. The van der Waals surface area contributed by atoms with E-state index in [1.165, 1.54) is 11.3 Å². The van der Waals surface area contributed by atoms with Crippen molar-refractivity contribution in [3.05, 3.63) is 56.2 Å². The molecule has 2 nitrogen and oxygen atoms in total. The molecule has 1 aromatic heterocycles. The lowest BCUT2D eigenvalue weighted by Gasteiger charge is -2.32. The van der Waals surface area contributed by atoms with Crippen LogP contribution < -0.4 is 5.32 Å². The molecule has 3 rings (SSSR count). The van der Waals surface area contributed by atoms with Crippen LogP contribution in [0.2, 0.25) is 9.36 Å². The second kappa shape index (κ2) is 5.76. The van der Waals surface area contributed by atoms with Crippen LogP contribution in [0.1, 0.15) is 35.2 Å². The average Bonchev–Trinajstić information content (AvgIpc) is 2.85. The molecule has 0 aliphatic carbocycles. The van der Waals surface area contributed by atoms with Gasteiger partial charge in [-0.1, -0.05) is 35.3 Å². The van der Waals surface area contributed by atoms with Gasteiger partial charge in [-0.05, 0) is 36.2 Å². The lowest BCUT2D eigenvalue weighted by atomic mass is 9.84. The van der Waals surface area contributed by atoms with Crippen LogP contribution >= 0.6 is 34.5 Å². The first-order valence-electron chi connectivity index (χ1n) is 6.43. The number of halogens is 2. The minimum Gasteiger partial charge on any atom is -0.348 e. The molecule has 104 valence electrons. The van der Waals surface area contributed by atoms with Crippen LogP contribution in [-0.2, 0) is 4.79 Å². The van der Waals surface area contributed by atoms with E-state index < -0.39 is 0 Å². The average molecular weight is 326 g/mol. The van der Waals surface area contributed by atoms with Gasteiger partial charge in [0.25, 0.3) is 0 Å². The van der Waals surface area contributed by atoms with Crippen molar-refractivity contribution in [2.45, 2.75) is 24.8 Å². The molecule has 0 saturated carbocycles. The molecule has 5 heteroatoms. The SMILES string of the molecule is O=C1CC[C@H](c2cccc(Cl)c2)C(c2ccc(Cl)s2)N1. The first-order valence-corrected chi connectivity index (χ1v) is 8.01. The van der Waals surface area contributed by atoms with Crippen molar-refractivity contribution in [2.24, 2.45) is 0 Å². The third-order valence-corrected chi connectivity index (χ3v) is 5.13. The summed E-state index contributed by atoms with van der Waals surface area (Å²) in [6, 6.07) is 11.7. The summed E-state index contributed by atoms with van der Waals surface area (Å²) in [4.78, 5) is 12.8. The second-order valence-corrected chi connectivity index (χ2v) is 7.07. The number of hydrogen-bond donors (Lipinski definition) is 1. The Balaban J connectivity index is 1.96. The fourth-order valence-corrected chi connectivity index (χ4v) is 4.04. The Kier molecular flexibility index (Phi) is 4.01. The predicted octanol–water partition coefficient (Wildman–Crippen LogP) is 4.79. The van der Waals surface area contributed by atoms with Crippen molar-refractivity contribution in [3.63, 3.8) is 0 Å². The van der Waals surface area contributed by atoms with Crippen molar-refractivity contribution >= 4 is 40.4 Å². The van der Waals surface area contributed by atoms with Gasteiger partial charge in [-0.15, -0.1) is 11.3 Å². The van der Waals surface area contributed by atoms with E-state index in [4.69, 9.17) is 23.2 Å². The van der Waals surface area contributed by atoms with Crippen LogP contribution in [0.25, 0.3) is 0 Å². The molecule has 2 atom stereocenters. The van der Waals surface area contributed by atoms with Crippen LogP contribution in [-0.4, -0.2) is 5.91 Å². The quantitative estimate of drug-likeness (QED) is 0.845. The van der Waals surface area contributed by atoms with Crippen LogP contribution in [0.3, 0.4) is 0 Å². The summed E-state index contributed by atoms with van der Waals surface area (Å²) in [6.07, 6.45) is 1.37. The number of nitrogens with one attached hydrogen (secondary N) is 1. The number of carbonyl (C=O) groups excluding carboxylic acids is 1. The normalized spacial score (nSPS) is 22.6. The molecule has 1 aliphatic rings. The second-order valence-electron chi connectivity index (χ2n) is 4.89.